The average molecular weight is 294 g/mol. The molecule has 0 atom stereocenters. The van der Waals surface area contributed by atoms with Crippen molar-refractivity contribution in [1.82, 2.24) is 15.2 Å². The highest BCUT2D eigenvalue weighted by Gasteiger charge is 2.20. The molecular weight excluding hydrogens is 280 g/mol. The third kappa shape index (κ3) is 2.01. The molecule has 0 spiro atoms. The molecule has 0 radical (unpaired) electrons. The maximum atomic E-state index is 4.27. The van der Waals surface area contributed by atoms with E-state index in [4.69, 9.17) is 0 Å². The quantitative estimate of drug-likeness (QED) is 0.747. The van der Waals surface area contributed by atoms with Crippen LogP contribution < -0.4 is 4.31 Å². The van der Waals surface area contributed by atoms with Gasteiger partial charge >= 0.3 is 0 Å². The zero-order valence-electron chi connectivity index (χ0n) is 11.4. The Morgan fingerprint density at radius 1 is 1.33 bits per heavy atom. The van der Waals surface area contributed by atoms with E-state index in [1.165, 1.54) is 11.3 Å². The Hall–Kier alpha value is -2.27. The number of fused-ring (bicyclic) bond motifs is 2. The van der Waals surface area contributed by atoms with Gasteiger partial charge in [-0.25, -0.2) is 4.98 Å². The van der Waals surface area contributed by atoms with Gasteiger partial charge in [-0.3, -0.25) is 5.10 Å². The summed E-state index contributed by atoms with van der Waals surface area (Å²) in [6, 6.07) is 10.6. The van der Waals surface area contributed by atoms with Gasteiger partial charge in [0.25, 0.3) is 0 Å². The van der Waals surface area contributed by atoms with Crippen LogP contribution in [-0.4, -0.2) is 21.7 Å². The molecule has 0 bridgehead atoms. The molecule has 3 heterocycles. The van der Waals surface area contributed by atoms with Gasteiger partial charge < -0.3 is 4.31 Å². The lowest BCUT2D eigenvalue weighted by Gasteiger charge is -2.15. The molecular formula is C16H14N4S. The monoisotopic (exact) mass is 294 g/mol. The Labute approximate surface area is 127 Å². The van der Waals surface area contributed by atoms with E-state index in [2.05, 4.69) is 44.3 Å². The Morgan fingerprint density at radius 3 is 3.19 bits per heavy atom. The van der Waals surface area contributed by atoms with Gasteiger partial charge in [0.15, 0.2) is 5.65 Å². The molecule has 5 heteroatoms. The number of aromatic amines is 1. The van der Waals surface area contributed by atoms with Crippen molar-refractivity contribution in [2.45, 2.75) is 6.42 Å². The molecule has 104 valence electrons. The van der Waals surface area contributed by atoms with E-state index in [1.807, 2.05) is 17.5 Å². The van der Waals surface area contributed by atoms with Gasteiger partial charge in [0, 0.05) is 23.7 Å². The summed E-state index contributed by atoms with van der Waals surface area (Å²) in [5.74, 6) is 0. The van der Waals surface area contributed by atoms with Crippen LogP contribution in [0.5, 0.6) is 0 Å². The largest absolute Gasteiger partial charge is 0.312 e. The molecule has 0 unspecified atom stereocenters. The zero-order chi connectivity index (χ0) is 14.2. The van der Waals surface area contributed by atoms with E-state index in [0.717, 1.165) is 35.3 Å². The van der Waals surface area contributed by atoms with Gasteiger partial charge in [-0.2, -0.15) is 5.10 Å². The number of pyridine rings is 1. The van der Waals surface area contributed by atoms with E-state index < -0.39 is 0 Å². The van der Waals surface area contributed by atoms with Gasteiger partial charge in [-0.05, 0) is 47.5 Å². The van der Waals surface area contributed by atoms with Crippen LogP contribution in [0.4, 0.5) is 5.69 Å². The van der Waals surface area contributed by atoms with Crippen molar-refractivity contribution in [3.05, 3.63) is 54.1 Å². The zero-order valence-corrected chi connectivity index (χ0v) is 12.2. The third-order valence-electron chi connectivity index (χ3n) is 3.76. The summed E-state index contributed by atoms with van der Waals surface area (Å²) < 4.78 is 2.28. The molecule has 0 aliphatic carbocycles. The van der Waals surface area contributed by atoms with E-state index in [9.17, 15) is 0 Å². The van der Waals surface area contributed by atoms with Gasteiger partial charge in [0.05, 0.1) is 11.4 Å². The molecule has 21 heavy (non-hydrogen) atoms. The number of anilines is 1. The fraction of sp³-hybridized carbons (Fsp3) is 0.125. The van der Waals surface area contributed by atoms with Crippen LogP contribution in [0.25, 0.3) is 22.3 Å². The topological polar surface area (TPSA) is 44.8 Å². The van der Waals surface area contributed by atoms with Crippen molar-refractivity contribution in [2.75, 3.05) is 10.8 Å². The summed E-state index contributed by atoms with van der Waals surface area (Å²) in [7, 11) is 0. The number of aromatic nitrogens is 3. The Bertz CT molecular complexity index is 824. The molecule has 1 aliphatic heterocycles. The van der Waals surface area contributed by atoms with E-state index in [1.54, 1.807) is 18.1 Å². The van der Waals surface area contributed by atoms with Gasteiger partial charge in [-0.15, -0.1) is 0 Å². The molecule has 1 aromatic carbocycles. The third-order valence-corrected chi connectivity index (χ3v) is 4.54. The second-order valence-electron chi connectivity index (χ2n) is 4.94. The first kappa shape index (κ1) is 12.5. The lowest BCUT2D eigenvalue weighted by atomic mass is 10.1. The van der Waals surface area contributed by atoms with Crippen LogP contribution in [0, 0.1) is 0 Å². The highest BCUT2D eigenvalue weighted by Crippen LogP contribution is 2.37. The Kier molecular flexibility index (Phi) is 2.93. The molecule has 3 aromatic rings. The standard InChI is InChI=1S/C16H14N4S/c1-2-21-20-9-7-11-5-6-12(10-14(11)20)15-13-4-3-8-17-16(13)19-18-15/h2-6,8,10H,1,7,9H2,(H,17,18,19). The lowest BCUT2D eigenvalue weighted by Crippen LogP contribution is -2.08. The highest BCUT2D eigenvalue weighted by atomic mass is 32.2. The first-order valence-corrected chi connectivity index (χ1v) is 7.68. The van der Waals surface area contributed by atoms with Crippen LogP contribution in [0.1, 0.15) is 5.56 Å². The predicted octanol–water partition coefficient (Wildman–Crippen LogP) is 3.78. The number of hydrogen-bond donors (Lipinski definition) is 1. The summed E-state index contributed by atoms with van der Waals surface area (Å²) in [6.07, 6.45) is 2.85. The number of H-pyrrole nitrogens is 1. The minimum atomic E-state index is 0.755. The average Bonchev–Trinajstić information content (AvgIpc) is 3.11. The normalized spacial score (nSPS) is 13.6. The Balaban J connectivity index is 1.83. The van der Waals surface area contributed by atoms with Crippen LogP contribution in [0.2, 0.25) is 0 Å². The fourth-order valence-electron chi connectivity index (χ4n) is 2.78. The number of hydrogen-bond acceptors (Lipinski definition) is 4. The van der Waals surface area contributed by atoms with E-state index >= 15 is 0 Å². The smallest absolute Gasteiger partial charge is 0.181 e. The highest BCUT2D eigenvalue weighted by molar-refractivity contribution is 8.03. The van der Waals surface area contributed by atoms with E-state index in [0.29, 0.717) is 0 Å². The van der Waals surface area contributed by atoms with E-state index in [-0.39, 0.29) is 0 Å². The van der Waals surface area contributed by atoms with Crippen molar-refractivity contribution < 1.29 is 0 Å². The second-order valence-corrected chi connectivity index (χ2v) is 5.93. The lowest BCUT2D eigenvalue weighted by molar-refractivity contribution is 1.06. The molecule has 0 saturated heterocycles. The van der Waals surface area contributed by atoms with Crippen LogP contribution in [0.3, 0.4) is 0 Å². The predicted molar refractivity (Wildman–Crippen MR) is 88.2 cm³/mol. The van der Waals surface area contributed by atoms with Crippen LogP contribution in [0.15, 0.2) is 48.5 Å². The first-order valence-electron chi connectivity index (χ1n) is 6.84. The van der Waals surface area contributed by atoms with Crippen molar-refractivity contribution in [3.8, 4) is 11.3 Å². The van der Waals surface area contributed by atoms with Gasteiger partial charge in [0.1, 0.15) is 0 Å². The molecule has 1 N–H and O–H groups in total. The molecule has 2 aromatic heterocycles. The summed E-state index contributed by atoms with van der Waals surface area (Å²) in [5.41, 5.74) is 5.57. The molecule has 0 fully saturated rings. The first-order chi connectivity index (χ1) is 10.4. The minimum Gasteiger partial charge on any atom is -0.312 e. The number of rotatable bonds is 3. The maximum Gasteiger partial charge on any atom is 0.181 e. The summed E-state index contributed by atoms with van der Waals surface area (Å²) in [4.78, 5) is 4.27. The van der Waals surface area contributed by atoms with Crippen molar-refractivity contribution in [1.29, 1.82) is 0 Å². The maximum absolute atomic E-state index is 4.27. The minimum absolute atomic E-state index is 0.755. The van der Waals surface area contributed by atoms with Crippen molar-refractivity contribution in [3.63, 3.8) is 0 Å². The summed E-state index contributed by atoms with van der Waals surface area (Å²) in [6.45, 7) is 4.84. The molecule has 0 saturated carbocycles. The molecule has 1 aliphatic rings. The van der Waals surface area contributed by atoms with Gasteiger partial charge in [-0.1, -0.05) is 18.7 Å². The summed E-state index contributed by atoms with van der Waals surface area (Å²) in [5, 5.41) is 10.3. The number of nitrogens with zero attached hydrogens (tertiary/aromatic N) is 3. The number of nitrogens with one attached hydrogen (secondary N) is 1. The molecule has 0 amide bonds. The second kappa shape index (κ2) is 4.93. The van der Waals surface area contributed by atoms with Crippen molar-refractivity contribution >= 4 is 28.7 Å². The van der Waals surface area contributed by atoms with Crippen molar-refractivity contribution in [2.24, 2.45) is 0 Å². The number of benzene rings is 1. The Morgan fingerprint density at radius 2 is 2.29 bits per heavy atom. The summed E-state index contributed by atoms with van der Waals surface area (Å²) >= 11 is 1.65. The van der Waals surface area contributed by atoms with Crippen LogP contribution >= 0.6 is 11.9 Å². The van der Waals surface area contributed by atoms with Gasteiger partial charge in [0.2, 0.25) is 0 Å². The SMILES string of the molecule is C=CSN1CCc2ccc(-c3[nH]nc4ncccc34)cc21. The van der Waals surface area contributed by atoms with Crippen LogP contribution in [-0.2, 0) is 6.42 Å². The fourth-order valence-corrected chi connectivity index (χ4v) is 3.44. The molecule has 4 rings (SSSR count). The molecule has 4 nitrogen and oxygen atoms in total.